The van der Waals surface area contributed by atoms with Gasteiger partial charge in [0.15, 0.2) is 0 Å². The molecular weight excluding hydrogens is 198 g/mol. The van der Waals surface area contributed by atoms with Gasteiger partial charge in [-0.3, -0.25) is 4.98 Å². The summed E-state index contributed by atoms with van der Waals surface area (Å²) in [7, 11) is 0. The standard InChI is InChI=1S/C13H21N3/c1-4-13(3)10-16(11(2)8-15-13)12-6-5-7-14-9-12/h5-7,9,11,15H,4,8,10H2,1-3H3. The predicted octanol–water partition coefficient (Wildman–Crippen LogP) is 2.05. The van der Waals surface area contributed by atoms with Crippen LogP contribution in [0.2, 0.25) is 0 Å². The van der Waals surface area contributed by atoms with Crippen LogP contribution >= 0.6 is 0 Å². The molecule has 1 aliphatic rings. The maximum atomic E-state index is 4.21. The predicted molar refractivity (Wildman–Crippen MR) is 67.7 cm³/mol. The minimum Gasteiger partial charge on any atom is -0.364 e. The van der Waals surface area contributed by atoms with Crippen molar-refractivity contribution in [3.63, 3.8) is 0 Å². The molecule has 16 heavy (non-hydrogen) atoms. The third-order valence-electron chi connectivity index (χ3n) is 3.63. The lowest BCUT2D eigenvalue weighted by molar-refractivity contribution is 0.285. The molecule has 1 fully saturated rings. The van der Waals surface area contributed by atoms with Crippen molar-refractivity contribution in [1.29, 1.82) is 0 Å². The zero-order valence-electron chi connectivity index (χ0n) is 10.4. The van der Waals surface area contributed by atoms with E-state index < -0.39 is 0 Å². The van der Waals surface area contributed by atoms with Crippen molar-refractivity contribution in [2.24, 2.45) is 0 Å². The summed E-state index contributed by atoms with van der Waals surface area (Å²) >= 11 is 0. The minimum atomic E-state index is 0.225. The number of nitrogens with one attached hydrogen (secondary N) is 1. The van der Waals surface area contributed by atoms with Gasteiger partial charge in [-0.25, -0.2) is 0 Å². The van der Waals surface area contributed by atoms with E-state index in [0.717, 1.165) is 19.5 Å². The van der Waals surface area contributed by atoms with Crippen LogP contribution in [-0.4, -0.2) is 29.7 Å². The molecule has 88 valence electrons. The Labute approximate surface area is 97.9 Å². The fraction of sp³-hybridized carbons (Fsp3) is 0.615. The van der Waals surface area contributed by atoms with Crippen LogP contribution in [0, 0.1) is 0 Å². The highest BCUT2D eigenvalue weighted by Crippen LogP contribution is 2.24. The molecule has 1 aliphatic heterocycles. The molecule has 2 rings (SSSR count). The number of hydrogen-bond acceptors (Lipinski definition) is 3. The molecule has 1 aromatic heterocycles. The van der Waals surface area contributed by atoms with Gasteiger partial charge in [0.1, 0.15) is 0 Å². The highest BCUT2D eigenvalue weighted by Gasteiger charge is 2.32. The summed E-state index contributed by atoms with van der Waals surface area (Å²) < 4.78 is 0. The molecule has 3 heteroatoms. The lowest BCUT2D eigenvalue weighted by atomic mass is 9.93. The van der Waals surface area contributed by atoms with Crippen molar-refractivity contribution >= 4 is 5.69 Å². The van der Waals surface area contributed by atoms with Crippen LogP contribution in [0.25, 0.3) is 0 Å². The molecule has 0 aromatic carbocycles. The zero-order valence-corrected chi connectivity index (χ0v) is 10.4. The SMILES string of the molecule is CCC1(C)CN(c2cccnc2)C(C)CN1. The van der Waals surface area contributed by atoms with E-state index in [1.54, 1.807) is 0 Å². The summed E-state index contributed by atoms with van der Waals surface area (Å²) in [6.07, 6.45) is 4.93. The van der Waals surface area contributed by atoms with Crippen LogP contribution in [0.5, 0.6) is 0 Å². The quantitative estimate of drug-likeness (QED) is 0.825. The van der Waals surface area contributed by atoms with Crippen molar-refractivity contribution in [3.05, 3.63) is 24.5 Å². The van der Waals surface area contributed by atoms with E-state index >= 15 is 0 Å². The van der Waals surface area contributed by atoms with E-state index in [4.69, 9.17) is 0 Å². The first-order chi connectivity index (χ1) is 7.64. The van der Waals surface area contributed by atoms with Crippen LogP contribution in [0.3, 0.4) is 0 Å². The van der Waals surface area contributed by atoms with Crippen molar-refractivity contribution < 1.29 is 0 Å². The van der Waals surface area contributed by atoms with E-state index in [9.17, 15) is 0 Å². The lowest BCUT2D eigenvalue weighted by Gasteiger charge is -2.46. The van der Waals surface area contributed by atoms with Crippen LogP contribution in [-0.2, 0) is 0 Å². The summed E-state index contributed by atoms with van der Waals surface area (Å²) in [6, 6.07) is 4.68. The first kappa shape index (κ1) is 11.4. The largest absolute Gasteiger partial charge is 0.364 e. The monoisotopic (exact) mass is 219 g/mol. The fourth-order valence-corrected chi connectivity index (χ4v) is 2.20. The third kappa shape index (κ3) is 2.19. The molecule has 0 amide bonds. The van der Waals surface area contributed by atoms with Gasteiger partial charge in [0.2, 0.25) is 0 Å². The van der Waals surface area contributed by atoms with Gasteiger partial charge < -0.3 is 10.2 Å². The summed E-state index contributed by atoms with van der Waals surface area (Å²) in [5, 5.41) is 3.63. The average molecular weight is 219 g/mol. The smallest absolute Gasteiger partial charge is 0.0556 e. The van der Waals surface area contributed by atoms with Crippen LogP contribution < -0.4 is 10.2 Å². The molecule has 2 atom stereocenters. The summed E-state index contributed by atoms with van der Waals surface area (Å²) in [5.74, 6) is 0. The molecule has 0 radical (unpaired) electrons. The van der Waals surface area contributed by atoms with Gasteiger partial charge in [0.05, 0.1) is 11.9 Å². The normalized spacial score (nSPS) is 30.4. The Morgan fingerprint density at radius 3 is 3.06 bits per heavy atom. The lowest BCUT2D eigenvalue weighted by Crippen LogP contribution is -2.62. The van der Waals surface area contributed by atoms with Crippen molar-refractivity contribution in [1.82, 2.24) is 10.3 Å². The Morgan fingerprint density at radius 1 is 1.62 bits per heavy atom. The molecule has 0 bridgehead atoms. The Bertz CT molecular complexity index is 338. The first-order valence-electron chi connectivity index (χ1n) is 6.06. The van der Waals surface area contributed by atoms with Gasteiger partial charge >= 0.3 is 0 Å². The highest BCUT2D eigenvalue weighted by atomic mass is 15.3. The summed E-state index contributed by atoms with van der Waals surface area (Å²) in [6.45, 7) is 8.89. The van der Waals surface area contributed by atoms with Crippen molar-refractivity contribution in [2.45, 2.75) is 38.8 Å². The highest BCUT2D eigenvalue weighted by molar-refractivity contribution is 5.46. The molecule has 0 saturated carbocycles. The van der Waals surface area contributed by atoms with Gasteiger partial charge in [-0.15, -0.1) is 0 Å². The van der Waals surface area contributed by atoms with Gasteiger partial charge in [0, 0.05) is 30.9 Å². The van der Waals surface area contributed by atoms with Gasteiger partial charge in [0.25, 0.3) is 0 Å². The minimum absolute atomic E-state index is 0.225. The van der Waals surface area contributed by atoms with Crippen molar-refractivity contribution in [3.8, 4) is 0 Å². The Morgan fingerprint density at radius 2 is 2.44 bits per heavy atom. The molecule has 1 N–H and O–H groups in total. The van der Waals surface area contributed by atoms with E-state index in [0.29, 0.717) is 6.04 Å². The number of rotatable bonds is 2. The number of aromatic nitrogens is 1. The maximum absolute atomic E-state index is 4.21. The first-order valence-corrected chi connectivity index (χ1v) is 6.06. The molecular formula is C13H21N3. The van der Waals surface area contributed by atoms with Crippen LogP contribution in [0.4, 0.5) is 5.69 Å². The fourth-order valence-electron chi connectivity index (χ4n) is 2.20. The average Bonchev–Trinajstić information content (AvgIpc) is 2.34. The summed E-state index contributed by atoms with van der Waals surface area (Å²) in [5.41, 5.74) is 1.46. The molecule has 3 nitrogen and oxygen atoms in total. The summed E-state index contributed by atoms with van der Waals surface area (Å²) in [4.78, 5) is 6.66. The number of nitrogens with zero attached hydrogens (tertiary/aromatic N) is 2. The van der Waals surface area contributed by atoms with Crippen LogP contribution in [0.15, 0.2) is 24.5 Å². The third-order valence-corrected chi connectivity index (χ3v) is 3.63. The molecule has 1 saturated heterocycles. The van der Waals surface area contributed by atoms with Gasteiger partial charge in [-0.2, -0.15) is 0 Å². The van der Waals surface area contributed by atoms with E-state index in [-0.39, 0.29) is 5.54 Å². The topological polar surface area (TPSA) is 28.2 Å². The molecule has 0 spiro atoms. The number of piperazine rings is 1. The van der Waals surface area contributed by atoms with Crippen molar-refractivity contribution in [2.75, 3.05) is 18.0 Å². The second-order valence-electron chi connectivity index (χ2n) is 4.98. The number of anilines is 1. The Hall–Kier alpha value is -1.09. The Balaban J connectivity index is 2.19. The number of hydrogen-bond donors (Lipinski definition) is 1. The second kappa shape index (κ2) is 4.42. The zero-order chi connectivity index (χ0) is 11.6. The van der Waals surface area contributed by atoms with Crippen LogP contribution in [0.1, 0.15) is 27.2 Å². The van der Waals surface area contributed by atoms with Gasteiger partial charge in [-0.1, -0.05) is 6.92 Å². The maximum Gasteiger partial charge on any atom is 0.0556 e. The van der Waals surface area contributed by atoms with E-state index in [1.807, 2.05) is 18.5 Å². The number of pyridine rings is 1. The van der Waals surface area contributed by atoms with Gasteiger partial charge in [-0.05, 0) is 32.4 Å². The van der Waals surface area contributed by atoms with E-state index in [1.165, 1.54) is 5.69 Å². The second-order valence-corrected chi connectivity index (χ2v) is 4.98. The molecule has 2 unspecified atom stereocenters. The molecule has 1 aromatic rings. The Kier molecular flexibility index (Phi) is 3.15. The molecule has 2 heterocycles. The molecule has 0 aliphatic carbocycles. The van der Waals surface area contributed by atoms with E-state index in [2.05, 4.69) is 42.0 Å².